The molecule has 2 aromatic heterocycles. The highest BCUT2D eigenvalue weighted by Crippen LogP contribution is 2.19. The van der Waals surface area contributed by atoms with Gasteiger partial charge in [0.25, 0.3) is 5.91 Å². The van der Waals surface area contributed by atoms with E-state index in [1.165, 1.54) is 6.20 Å². The summed E-state index contributed by atoms with van der Waals surface area (Å²) in [5.41, 5.74) is 0.177. The third-order valence-corrected chi connectivity index (χ3v) is 3.10. The minimum Gasteiger partial charge on any atom is -0.370 e. The van der Waals surface area contributed by atoms with E-state index in [1.807, 2.05) is 6.92 Å². The van der Waals surface area contributed by atoms with Crippen LogP contribution in [0.5, 0.6) is 0 Å². The van der Waals surface area contributed by atoms with Crippen LogP contribution in [-0.4, -0.2) is 27.0 Å². The number of nitrogens with one attached hydrogen (secondary N) is 2. The van der Waals surface area contributed by atoms with Gasteiger partial charge >= 0.3 is 0 Å². The van der Waals surface area contributed by atoms with E-state index in [4.69, 9.17) is 11.6 Å². The van der Waals surface area contributed by atoms with Crippen LogP contribution in [0.3, 0.4) is 0 Å². The summed E-state index contributed by atoms with van der Waals surface area (Å²) in [6.45, 7) is 2.84. The lowest BCUT2D eigenvalue weighted by molar-refractivity contribution is 0.102. The Hall–Kier alpha value is -1.73. The SMILES string of the molecule is CCCNc1ccc(Cl)c(C(=O)Nc2cnns2)n1. The summed E-state index contributed by atoms with van der Waals surface area (Å²) < 4.78 is 3.66. The first-order valence-electron chi connectivity index (χ1n) is 5.70. The van der Waals surface area contributed by atoms with Gasteiger partial charge < -0.3 is 10.6 Å². The molecular weight excluding hydrogens is 286 g/mol. The predicted molar refractivity (Wildman–Crippen MR) is 75.9 cm³/mol. The molecule has 0 bridgehead atoms. The molecule has 2 N–H and O–H groups in total. The molecule has 2 aromatic rings. The van der Waals surface area contributed by atoms with Crippen LogP contribution < -0.4 is 10.6 Å². The molecule has 0 saturated heterocycles. The van der Waals surface area contributed by atoms with Crippen LogP contribution in [0.15, 0.2) is 18.3 Å². The van der Waals surface area contributed by atoms with Crippen LogP contribution in [0.4, 0.5) is 10.8 Å². The third-order valence-electron chi connectivity index (χ3n) is 2.22. The summed E-state index contributed by atoms with van der Waals surface area (Å²) >= 11 is 7.08. The minimum absolute atomic E-state index is 0.177. The molecule has 2 heterocycles. The molecule has 0 radical (unpaired) electrons. The van der Waals surface area contributed by atoms with Gasteiger partial charge in [0.2, 0.25) is 0 Å². The Kier molecular flexibility index (Phi) is 4.64. The van der Waals surface area contributed by atoms with E-state index in [1.54, 1.807) is 12.1 Å². The van der Waals surface area contributed by atoms with Crippen LogP contribution in [0.2, 0.25) is 5.02 Å². The van der Waals surface area contributed by atoms with E-state index in [9.17, 15) is 4.79 Å². The number of pyridine rings is 1. The second-order valence-corrected chi connectivity index (χ2v) is 4.88. The Morgan fingerprint density at radius 1 is 1.47 bits per heavy atom. The zero-order valence-electron chi connectivity index (χ0n) is 10.2. The normalized spacial score (nSPS) is 10.2. The van der Waals surface area contributed by atoms with E-state index in [-0.39, 0.29) is 11.6 Å². The van der Waals surface area contributed by atoms with Gasteiger partial charge in [-0.15, -0.1) is 5.10 Å². The van der Waals surface area contributed by atoms with Crippen molar-refractivity contribution >= 4 is 39.9 Å². The molecule has 8 heteroatoms. The molecule has 1 amide bonds. The molecule has 0 aromatic carbocycles. The monoisotopic (exact) mass is 297 g/mol. The van der Waals surface area contributed by atoms with Gasteiger partial charge in [-0.05, 0) is 18.6 Å². The van der Waals surface area contributed by atoms with Gasteiger partial charge in [-0.1, -0.05) is 23.0 Å². The fourth-order valence-electron chi connectivity index (χ4n) is 1.35. The van der Waals surface area contributed by atoms with Crippen LogP contribution in [0.1, 0.15) is 23.8 Å². The van der Waals surface area contributed by atoms with Crippen molar-refractivity contribution in [2.75, 3.05) is 17.2 Å². The Labute approximate surface area is 119 Å². The maximum absolute atomic E-state index is 12.0. The second kappa shape index (κ2) is 6.44. The Bertz CT molecular complexity index is 560. The standard InChI is InChI=1S/C11H12ClN5OS/c1-2-5-13-8-4-3-7(12)10(15-8)11(18)16-9-6-14-17-19-9/h3-4,6H,2,5H2,1H3,(H,13,15)(H,16,18). The van der Waals surface area contributed by atoms with Gasteiger partial charge in [0.1, 0.15) is 16.5 Å². The van der Waals surface area contributed by atoms with Crippen molar-refractivity contribution in [3.05, 3.63) is 29.0 Å². The summed E-state index contributed by atoms with van der Waals surface area (Å²) in [5, 5.41) is 10.2. The zero-order valence-corrected chi connectivity index (χ0v) is 11.8. The lowest BCUT2D eigenvalue weighted by Crippen LogP contribution is -2.15. The lowest BCUT2D eigenvalue weighted by Gasteiger charge is -2.07. The molecule has 0 aliphatic heterocycles. The second-order valence-electron chi connectivity index (χ2n) is 3.69. The zero-order chi connectivity index (χ0) is 13.7. The molecule has 100 valence electrons. The molecule has 6 nitrogen and oxygen atoms in total. The fourth-order valence-corrected chi connectivity index (χ4v) is 1.95. The van der Waals surface area contributed by atoms with E-state index >= 15 is 0 Å². The summed E-state index contributed by atoms with van der Waals surface area (Å²) in [6.07, 6.45) is 2.44. The number of amides is 1. The summed E-state index contributed by atoms with van der Waals surface area (Å²) in [4.78, 5) is 16.2. The smallest absolute Gasteiger partial charge is 0.276 e. The number of anilines is 2. The summed E-state index contributed by atoms with van der Waals surface area (Å²) in [5.74, 6) is 0.245. The van der Waals surface area contributed by atoms with Crippen molar-refractivity contribution < 1.29 is 4.79 Å². The minimum atomic E-state index is -0.379. The molecule has 0 fully saturated rings. The first kappa shape index (κ1) is 13.7. The molecule has 0 aliphatic rings. The van der Waals surface area contributed by atoms with Crippen molar-refractivity contribution in [3.63, 3.8) is 0 Å². The molecule has 0 unspecified atom stereocenters. The van der Waals surface area contributed by atoms with E-state index < -0.39 is 0 Å². The summed E-state index contributed by atoms with van der Waals surface area (Å²) in [6, 6.07) is 3.38. The average Bonchev–Trinajstić information content (AvgIpc) is 2.90. The number of nitrogens with zero attached hydrogens (tertiary/aromatic N) is 3. The lowest BCUT2D eigenvalue weighted by atomic mass is 10.3. The predicted octanol–water partition coefficient (Wildman–Crippen LogP) is 2.66. The topological polar surface area (TPSA) is 79.8 Å². The van der Waals surface area contributed by atoms with Gasteiger partial charge in [-0.3, -0.25) is 4.79 Å². The molecular formula is C11H12ClN5OS. The van der Waals surface area contributed by atoms with Crippen molar-refractivity contribution in [1.82, 2.24) is 14.6 Å². The van der Waals surface area contributed by atoms with Gasteiger partial charge in [0.05, 0.1) is 11.2 Å². The van der Waals surface area contributed by atoms with Gasteiger partial charge in [0.15, 0.2) is 0 Å². The Morgan fingerprint density at radius 3 is 3.00 bits per heavy atom. The highest BCUT2D eigenvalue weighted by atomic mass is 35.5. The van der Waals surface area contributed by atoms with Crippen molar-refractivity contribution in [1.29, 1.82) is 0 Å². The van der Waals surface area contributed by atoms with Crippen molar-refractivity contribution in [2.24, 2.45) is 0 Å². The number of carbonyl (C=O) groups is 1. The van der Waals surface area contributed by atoms with Crippen molar-refractivity contribution in [2.45, 2.75) is 13.3 Å². The van der Waals surface area contributed by atoms with E-state index in [0.29, 0.717) is 15.8 Å². The average molecular weight is 298 g/mol. The Balaban J connectivity index is 2.15. The first-order chi connectivity index (χ1) is 9.20. The van der Waals surface area contributed by atoms with Crippen LogP contribution in [0.25, 0.3) is 0 Å². The number of rotatable bonds is 5. The van der Waals surface area contributed by atoms with E-state index in [2.05, 4.69) is 25.2 Å². The van der Waals surface area contributed by atoms with Gasteiger partial charge in [-0.2, -0.15) is 0 Å². The van der Waals surface area contributed by atoms with Gasteiger partial charge in [-0.25, -0.2) is 4.98 Å². The quantitative estimate of drug-likeness (QED) is 0.887. The molecule has 2 rings (SSSR count). The number of hydrogen-bond donors (Lipinski definition) is 2. The maximum atomic E-state index is 12.0. The fraction of sp³-hybridized carbons (Fsp3) is 0.273. The molecule has 0 aliphatic carbocycles. The van der Waals surface area contributed by atoms with Crippen LogP contribution in [0, 0.1) is 0 Å². The summed E-state index contributed by atoms with van der Waals surface area (Å²) in [7, 11) is 0. The number of halogens is 1. The van der Waals surface area contributed by atoms with E-state index in [0.717, 1.165) is 24.5 Å². The van der Waals surface area contributed by atoms with Gasteiger partial charge in [0, 0.05) is 18.1 Å². The first-order valence-corrected chi connectivity index (χ1v) is 6.85. The highest BCUT2D eigenvalue weighted by molar-refractivity contribution is 7.10. The molecule has 0 atom stereocenters. The van der Waals surface area contributed by atoms with Crippen molar-refractivity contribution in [3.8, 4) is 0 Å². The van der Waals surface area contributed by atoms with Crippen LogP contribution in [-0.2, 0) is 0 Å². The number of carbonyl (C=O) groups excluding carboxylic acids is 1. The van der Waals surface area contributed by atoms with Crippen LogP contribution >= 0.6 is 23.1 Å². The molecule has 0 spiro atoms. The third kappa shape index (κ3) is 3.62. The number of hydrogen-bond acceptors (Lipinski definition) is 6. The largest absolute Gasteiger partial charge is 0.370 e. The molecule has 0 saturated carbocycles. The number of aromatic nitrogens is 3. The Morgan fingerprint density at radius 2 is 2.32 bits per heavy atom. The highest BCUT2D eigenvalue weighted by Gasteiger charge is 2.14. The molecule has 19 heavy (non-hydrogen) atoms. The maximum Gasteiger partial charge on any atom is 0.276 e.